The molecule has 0 radical (unpaired) electrons. The molecule has 1 aliphatic heterocycles. The number of amides is 2. The molecule has 0 saturated carbocycles. The van der Waals surface area contributed by atoms with E-state index >= 15 is 0 Å². The Hall–Kier alpha value is -2.64. The zero-order valence-electron chi connectivity index (χ0n) is 15.7. The van der Waals surface area contributed by atoms with Crippen molar-refractivity contribution in [1.29, 1.82) is 0 Å². The highest BCUT2D eigenvalue weighted by Gasteiger charge is 2.31. The van der Waals surface area contributed by atoms with Crippen molar-refractivity contribution in [3.05, 3.63) is 59.4 Å². The normalized spacial score (nSPS) is 16.1. The third kappa shape index (κ3) is 4.61. The van der Waals surface area contributed by atoms with Crippen molar-refractivity contribution in [3.8, 4) is 5.75 Å². The van der Waals surface area contributed by atoms with Crippen LogP contribution in [0, 0.1) is 5.82 Å². The van der Waals surface area contributed by atoms with Crippen LogP contribution >= 0.6 is 12.4 Å². The molecule has 0 aromatic heterocycles. The van der Waals surface area contributed by atoms with Crippen molar-refractivity contribution >= 4 is 29.9 Å². The molecule has 1 aliphatic rings. The van der Waals surface area contributed by atoms with Gasteiger partial charge in [-0.1, -0.05) is 18.2 Å². The summed E-state index contributed by atoms with van der Waals surface area (Å²) in [6.07, 6.45) is 0. The maximum absolute atomic E-state index is 14.4. The molecule has 150 valence electrons. The Morgan fingerprint density at radius 1 is 1.25 bits per heavy atom. The second-order valence-electron chi connectivity index (χ2n) is 6.34. The number of rotatable bonds is 4. The first-order valence-electron chi connectivity index (χ1n) is 8.73. The Balaban J connectivity index is 0.00000280. The van der Waals surface area contributed by atoms with Crippen LogP contribution < -0.4 is 15.4 Å². The van der Waals surface area contributed by atoms with Crippen molar-refractivity contribution in [2.24, 2.45) is 0 Å². The van der Waals surface area contributed by atoms with Crippen LogP contribution in [0.25, 0.3) is 0 Å². The molecular formula is C20H23ClFN3O3. The molecule has 3 rings (SSSR count). The number of para-hydroxylation sites is 1. The fourth-order valence-electron chi connectivity index (χ4n) is 3.29. The number of carbonyl (C=O) groups excluding carboxylic acids is 2. The summed E-state index contributed by atoms with van der Waals surface area (Å²) < 4.78 is 19.8. The molecule has 6 nitrogen and oxygen atoms in total. The average molecular weight is 408 g/mol. The molecule has 0 spiro atoms. The molecule has 1 unspecified atom stereocenters. The highest BCUT2D eigenvalue weighted by molar-refractivity contribution is 5.97. The van der Waals surface area contributed by atoms with E-state index in [0.29, 0.717) is 31.1 Å². The predicted octanol–water partition coefficient (Wildman–Crippen LogP) is 3.00. The monoisotopic (exact) mass is 407 g/mol. The number of hydrogen-bond acceptors (Lipinski definition) is 4. The summed E-state index contributed by atoms with van der Waals surface area (Å²) in [5.74, 6) is -0.644. The van der Waals surface area contributed by atoms with Gasteiger partial charge in [0, 0.05) is 37.8 Å². The van der Waals surface area contributed by atoms with Crippen LogP contribution in [0.15, 0.2) is 42.5 Å². The Morgan fingerprint density at radius 3 is 2.71 bits per heavy atom. The first-order chi connectivity index (χ1) is 13.0. The summed E-state index contributed by atoms with van der Waals surface area (Å²) in [6.45, 7) is 2.95. The van der Waals surface area contributed by atoms with Gasteiger partial charge in [0.2, 0.25) is 5.91 Å². The summed E-state index contributed by atoms with van der Waals surface area (Å²) in [6, 6.07) is 11.2. The lowest BCUT2D eigenvalue weighted by molar-refractivity contribution is -0.114. The number of carbonyl (C=O) groups is 2. The van der Waals surface area contributed by atoms with Gasteiger partial charge >= 0.3 is 0 Å². The molecule has 1 saturated heterocycles. The number of methoxy groups -OCH3 is 1. The largest absolute Gasteiger partial charge is 0.496 e. The van der Waals surface area contributed by atoms with Gasteiger partial charge in [-0.3, -0.25) is 9.59 Å². The third-order valence-corrected chi connectivity index (χ3v) is 4.52. The smallest absolute Gasteiger partial charge is 0.257 e. The second-order valence-corrected chi connectivity index (χ2v) is 6.34. The van der Waals surface area contributed by atoms with Crippen LogP contribution in [0.2, 0.25) is 0 Å². The number of halogens is 2. The van der Waals surface area contributed by atoms with Gasteiger partial charge in [0.05, 0.1) is 18.7 Å². The van der Waals surface area contributed by atoms with Gasteiger partial charge in [-0.15, -0.1) is 12.4 Å². The van der Waals surface area contributed by atoms with E-state index in [9.17, 15) is 14.0 Å². The standard InChI is InChI=1S/C20H22FN3O3.ClH/c1-13(25)23-14-7-8-17(21)16(11-14)20(26)24-10-9-22-12-18(24)15-5-3-4-6-19(15)27-2;/h3-8,11,18,22H,9-10,12H2,1-2H3,(H,23,25);1H. The molecule has 2 aromatic carbocycles. The van der Waals surface area contributed by atoms with Gasteiger partial charge in [-0.05, 0) is 24.3 Å². The van der Waals surface area contributed by atoms with E-state index in [4.69, 9.17) is 4.74 Å². The molecule has 8 heteroatoms. The maximum Gasteiger partial charge on any atom is 0.257 e. The highest BCUT2D eigenvalue weighted by atomic mass is 35.5. The molecule has 28 heavy (non-hydrogen) atoms. The first-order valence-corrected chi connectivity index (χ1v) is 8.73. The minimum absolute atomic E-state index is 0. The zero-order chi connectivity index (χ0) is 19.4. The predicted molar refractivity (Wildman–Crippen MR) is 108 cm³/mol. The molecule has 2 amide bonds. The van der Waals surface area contributed by atoms with Crippen LogP contribution in [-0.4, -0.2) is 43.5 Å². The molecule has 0 bridgehead atoms. The molecule has 1 atom stereocenters. The van der Waals surface area contributed by atoms with Crippen molar-refractivity contribution < 1.29 is 18.7 Å². The van der Waals surface area contributed by atoms with Gasteiger partial charge < -0.3 is 20.3 Å². The molecule has 1 fully saturated rings. The summed E-state index contributed by atoms with van der Waals surface area (Å²) in [4.78, 5) is 26.1. The number of benzene rings is 2. The van der Waals surface area contributed by atoms with E-state index in [1.807, 2.05) is 24.3 Å². The topological polar surface area (TPSA) is 70.7 Å². The number of ether oxygens (including phenoxy) is 1. The Morgan fingerprint density at radius 2 is 2.00 bits per heavy atom. The first kappa shape index (κ1) is 21.7. The zero-order valence-corrected chi connectivity index (χ0v) is 16.5. The third-order valence-electron chi connectivity index (χ3n) is 4.52. The highest BCUT2D eigenvalue weighted by Crippen LogP contribution is 2.31. The lowest BCUT2D eigenvalue weighted by Crippen LogP contribution is -2.49. The van der Waals surface area contributed by atoms with Gasteiger partial charge in [-0.25, -0.2) is 4.39 Å². The van der Waals surface area contributed by atoms with E-state index in [2.05, 4.69) is 10.6 Å². The van der Waals surface area contributed by atoms with E-state index in [1.165, 1.54) is 25.1 Å². The average Bonchev–Trinajstić information content (AvgIpc) is 2.68. The number of anilines is 1. The SMILES string of the molecule is COc1ccccc1C1CNCCN1C(=O)c1cc(NC(C)=O)ccc1F.Cl. The Labute approximate surface area is 169 Å². The second kappa shape index (κ2) is 9.52. The fourth-order valence-corrected chi connectivity index (χ4v) is 3.29. The quantitative estimate of drug-likeness (QED) is 0.817. The van der Waals surface area contributed by atoms with Gasteiger partial charge in [0.1, 0.15) is 11.6 Å². The van der Waals surface area contributed by atoms with Crippen molar-refractivity contribution in [3.63, 3.8) is 0 Å². The van der Waals surface area contributed by atoms with E-state index in [-0.39, 0.29) is 29.9 Å². The van der Waals surface area contributed by atoms with Gasteiger partial charge in [0.25, 0.3) is 5.91 Å². The molecule has 0 aliphatic carbocycles. The summed E-state index contributed by atoms with van der Waals surface area (Å²) in [5, 5.41) is 5.86. The fraction of sp³-hybridized carbons (Fsp3) is 0.300. The molecule has 2 aromatic rings. The van der Waals surface area contributed by atoms with Gasteiger partial charge in [0.15, 0.2) is 0 Å². The Bertz CT molecular complexity index is 862. The summed E-state index contributed by atoms with van der Waals surface area (Å²) in [7, 11) is 1.58. The van der Waals surface area contributed by atoms with Crippen molar-refractivity contribution in [1.82, 2.24) is 10.2 Å². The van der Waals surface area contributed by atoms with Crippen molar-refractivity contribution in [2.45, 2.75) is 13.0 Å². The van der Waals surface area contributed by atoms with Crippen LogP contribution in [0.1, 0.15) is 28.9 Å². The minimum atomic E-state index is -0.619. The van der Waals surface area contributed by atoms with Crippen LogP contribution in [0.4, 0.5) is 10.1 Å². The van der Waals surface area contributed by atoms with Gasteiger partial charge in [-0.2, -0.15) is 0 Å². The van der Waals surface area contributed by atoms with E-state index in [1.54, 1.807) is 12.0 Å². The minimum Gasteiger partial charge on any atom is -0.496 e. The maximum atomic E-state index is 14.4. The van der Waals surface area contributed by atoms with Crippen LogP contribution in [-0.2, 0) is 4.79 Å². The lowest BCUT2D eigenvalue weighted by atomic mass is 10.0. The summed E-state index contributed by atoms with van der Waals surface area (Å²) >= 11 is 0. The number of piperazine rings is 1. The van der Waals surface area contributed by atoms with Crippen molar-refractivity contribution in [2.75, 3.05) is 32.1 Å². The van der Waals surface area contributed by atoms with Crippen LogP contribution in [0.5, 0.6) is 5.75 Å². The summed E-state index contributed by atoms with van der Waals surface area (Å²) in [5.41, 5.74) is 1.18. The lowest BCUT2D eigenvalue weighted by Gasteiger charge is -2.37. The van der Waals surface area contributed by atoms with Crippen LogP contribution in [0.3, 0.4) is 0 Å². The molecule has 1 heterocycles. The molecular weight excluding hydrogens is 385 g/mol. The van der Waals surface area contributed by atoms with E-state index in [0.717, 1.165) is 5.56 Å². The number of nitrogens with one attached hydrogen (secondary N) is 2. The molecule has 2 N–H and O–H groups in total. The van der Waals surface area contributed by atoms with E-state index < -0.39 is 11.7 Å². The number of nitrogens with zero attached hydrogens (tertiary/aromatic N) is 1. The number of hydrogen-bond donors (Lipinski definition) is 2. The Kier molecular flexibility index (Phi) is 7.37.